The first-order valence-electron chi connectivity index (χ1n) is 3.91. The van der Waals surface area contributed by atoms with Crippen LogP contribution in [0.1, 0.15) is 10.6 Å². The Morgan fingerprint density at radius 2 is 2.62 bits per heavy atom. The van der Waals surface area contributed by atoms with Crippen molar-refractivity contribution in [2.75, 3.05) is 6.61 Å². The summed E-state index contributed by atoms with van der Waals surface area (Å²) in [6.07, 6.45) is 4.04. The number of nitrogens with zero attached hydrogens (tertiary/aromatic N) is 2. The summed E-state index contributed by atoms with van der Waals surface area (Å²) >= 11 is 1.52. The second kappa shape index (κ2) is 5.48. The Hall–Kier alpha value is -1.16. The third-order valence-electron chi connectivity index (χ3n) is 1.41. The van der Waals surface area contributed by atoms with Crippen molar-refractivity contribution in [1.29, 1.82) is 0 Å². The van der Waals surface area contributed by atoms with Gasteiger partial charge in [-0.15, -0.1) is 11.3 Å². The maximum absolute atomic E-state index is 4.84. The van der Waals surface area contributed by atoms with Gasteiger partial charge in [0.25, 0.3) is 0 Å². The van der Waals surface area contributed by atoms with Crippen molar-refractivity contribution in [2.45, 2.75) is 13.3 Å². The van der Waals surface area contributed by atoms with Gasteiger partial charge in [0.1, 0.15) is 6.61 Å². The van der Waals surface area contributed by atoms with Crippen molar-refractivity contribution >= 4 is 17.6 Å². The van der Waals surface area contributed by atoms with E-state index in [2.05, 4.69) is 22.2 Å². The topological polar surface area (TPSA) is 34.5 Å². The number of hydrogen-bond acceptors (Lipinski definition) is 4. The third kappa shape index (κ3) is 3.38. The van der Waals surface area contributed by atoms with Crippen LogP contribution in [0.5, 0.6) is 0 Å². The van der Waals surface area contributed by atoms with Gasteiger partial charge in [0.05, 0.1) is 5.69 Å². The average Bonchev–Trinajstić information content (AvgIpc) is 2.52. The van der Waals surface area contributed by atoms with Crippen molar-refractivity contribution in [3.63, 3.8) is 0 Å². The normalized spacial score (nSPS) is 10.5. The van der Waals surface area contributed by atoms with Crippen LogP contribution in [0.3, 0.4) is 0 Å². The minimum absolute atomic E-state index is 0.443. The molecule has 0 unspecified atom stereocenters. The highest BCUT2D eigenvalue weighted by Crippen LogP contribution is 2.09. The van der Waals surface area contributed by atoms with E-state index in [4.69, 9.17) is 4.84 Å². The second-order valence-electron chi connectivity index (χ2n) is 2.38. The van der Waals surface area contributed by atoms with Crippen LogP contribution in [-0.4, -0.2) is 17.8 Å². The quantitative estimate of drug-likeness (QED) is 0.311. The van der Waals surface area contributed by atoms with Crippen LogP contribution in [0.2, 0.25) is 0 Å². The summed E-state index contributed by atoms with van der Waals surface area (Å²) < 4.78 is 0. The maximum atomic E-state index is 4.84. The van der Waals surface area contributed by atoms with E-state index >= 15 is 0 Å². The maximum Gasteiger partial charge on any atom is 0.152 e. The summed E-state index contributed by atoms with van der Waals surface area (Å²) in [6.45, 7) is 5.97. The zero-order valence-corrected chi connectivity index (χ0v) is 8.30. The zero-order chi connectivity index (χ0) is 9.52. The van der Waals surface area contributed by atoms with Crippen molar-refractivity contribution in [3.8, 4) is 0 Å². The van der Waals surface area contributed by atoms with Crippen LogP contribution in [0.4, 0.5) is 0 Å². The van der Waals surface area contributed by atoms with E-state index in [0.717, 1.165) is 5.69 Å². The molecule has 1 rings (SSSR count). The monoisotopic (exact) mass is 195 g/mol. The number of thiazole rings is 1. The molecule has 0 amide bonds. The summed E-state index contributed by atoms with van der Waals surface area (Å²) in [5.41, 5.74) is 3.83. The van der Waals surface area contributed by atoms with Crippen LogP contribution in [0, 0.1) is 12.4 Å². The predicted octanol–water partition coefficient (Wildman–Crippen LogP) is 1.98. The highest BCUT2D eigenvalue weighted by atomic mass is 32.1. The standard InChI is InChI=1S/C9H11N2OS/c1-3-6-12-11-5-4-9-8(2)13-7-10-9/h3,5H,1,4,6H2,2H3. The lowest BCUT2D eigenvalue weighted by molar-refractivity contribution is 0.176. The van der Waals surface area contributed by atoms with Crippen molar-refractivity contribution < 1.29 is 4.84 Å². The van der Waals surface area contributed by atoms with Gasteiger partial charge in [-0.2, -0.15) is 0 Å². The molecule has 0 aliphatic carbocycles. The Labute approximate surface area is 81.8 Å². The summed E-state index contributed by atoms with van der Waals surface area (Å²) in [5, 5.41) is 3.73. The van der Waals surface area contributed by atoms with Gasteiger partial charge >= 0.3 is 0 Å². The number of oxime groups is 1. The van der Waals surface area contributed by atoms with Crippen LogP contribution in [-0.2, 0) is 11.3 Å². The minimum Gasteiger partial charge on any atom is -0.392 e. The first-order valence-corrected chi connectivity index (χ1v) is 4.73. The van der Waals surface area contributed by atoms with E-state index < -0.39 is 0 Å². The fourth-order valence-corrected chi connectivity index (χ4v) is 1.29. The molecule has 1 aromatic rings. The molecule has 1 heterocycles. The largest absolute Gasteiger partial charge is 0.392 e. The van der Waals surface area contributed by atoms with E-state index in [1.807, 2.05) is 6.92 Å². The molecule has 0 saturated carbocycles. The summed E-state index contributed by atoms with van der Waals surface area (Å²) in [5.74, 6) is 0. The number of aryl methyl sites for hydroxylation is 1. The van der Waals surface area contributed by atoms with Crippen LogP contribution in [0.25, 0.3) is 0 Å². The zero-order valence-electron chi connectivity index (χ0n) is 7.49. The molecule has 0 saturated heterocycles. The van der Waals surface area contributed by atoms with Gasteiger partial charge < -0.3 is 4.84 Å². The van der Waals surface area contributed by atoms with Gasteiger partial charge in [-0.05, 0) is 6.92 Å². The smallest absolute Gasteiger partial charge is 0.152 e. The lowest BCUT2D eigenvalue weighted by Gasteiger charge is -1.92. The molecular formula is C9H11N2OS. The molecule has 69 valence electrons. The molecule has 0 spiro atoms. The Balaban J connectivity index is 2.30. The lowest BCUT2D eigenvalue weighted by Crippen LogP contribution is -1.90. The predicted molar refractivity (Wildman–Crippen MR) is 54.0 cm³/mol. The molecule has 1 radical (unpaired) electrons. The molecule has 0 aliphatic rings. The van der Waals surface area contributed by atoms with Crippen molar-refractivity contribution in [1.82, 2.24) is 4.98 Å². The average molecular weight is 195 g/mol. The van der Waals surface area contributed by atoms with Gasteiger partial charge in [0.15, 0.2) is 5.51 Å². The molecule has 13 heavy (non-hydrogen) atoms. The fraction of sp³-hybridized carbons (Fsp3) is 0.333. The first kappa shape index (κ1) is 9.92. The van der Waals surface area contributed by atoms with E-state index in [1.165, 1.54) is 16.2 Å². The van der Waals surface area contributed by atoms with Gasteiger partial charge in [0.2, 0.25) is 0 Å². The van der Waals surface area contributed by atoms with Gasteiger partial charge in [-0.25, -0.2) is 4.98 Å². The first-order chi connectivity index (χ1) is 6.34. The molecule has 1 aromatic heterocycles. The molecule has 0 N–H and O–H groups in total. The lowest BCUT2D eigenvalue weighted by atomic mass is 10.3. The molecule has 0 fully saturated rings. The van der Waals surface area contributed by atoms with E-state index in [9.17, 15) is 0 Å². The molecule has 3 nitrogen and oxygen atoms in total. The van der Waals surface area contributed by atoms with Gasteiger partial charge in [0, 0.05) is 17.5 Å². The summed E-state index contributed by atoms with van der Waals surface area (Å²) in [4.78, 5) is 10.1. The van der Waals surface area contributed by atoms with Crippen LogP contribution >= 0.6 is 11.3 Å². The van der Waals surface area contributed by atoms with Gasteiger partial charge in [-0.1, -0.05) is 17.8 Å². The highest BCUT2D eigenvalue weighted by Gasteiger charge is 1.98. The van der Waals surface area contributed by atoms with Crippen LogP contribution in [0.15, 0.2) is 17.8 Å². The Morgan fingerprint density at radius 1 is 1.77 bits per heavy atom. The minimum atomic E-state index is 0.443. The highest BCUT2D eigenvalue weighted by molar-refractivity contribution is 7.09. The molecule has 0 atom stereocenters. The molecule has 0 bridgehead atoms. The van der Waals surface area contributed by atoms with E-state index in [0.29, 0.717) is 13.0 Å². The molecule has 4 heteroatoms. The number of aromatic nitrogens is 1. The number of rotatable bonds is 5. The van der Waals surface area contributed by atoms with Crippen LogP contribution < -0.4 is 0 Å². The molecular weight excluding hydrogens is 184 g/mol. The second-order valence-corrected chi connectivity index (χ2v) is 3.38. The third-order valence-corrected chi connectivity index (χ3v) is 2.14. The van der Waals surface area contributed by atoms with E-state index in [-0.39, 0.29) is 0 Å². The fourth-order valence-electron chi connectivity index (χ4n) is 0.746. The number of hydrogen-bond donors (Lipinski definition) is 0. The Bertz CT molecular complexity index is 294. The van der Waals surface area contributed by atoms with Crippen molar-refractivity contribution in [3.05, 3.63) is 28.7 Å². The Kier molecular flexibility index (Phi) is 4.18. The Morgan fingerprint density at radius 3 is 3.23 bits per heavy atom. The summed E-state index contributed by atoms with van der Waals surface area (Å²) in [7, 11) is 0. The van der Waals surface area contributed by atoms with E-state index in [1.54, 1.807) is 12.3 Å². The summed E-state index contributed by atoms with van der Waals surface area (Å²) in [6, 6.07) is 0. The van der Waals surface area contributed by atoms with Crippen molar-refractivity contribution in [2.24, 2.45) is 5.16 Å². The molecule has 0 aliphatic heterocycles. The SMILES string of the molecule is C=CCON=CCc1n[c]sc1C. The van der Waals surface area contributed by atoms with Gasteiger partial charge in [-0.3, -0.25) is 0 Å². The molecule has 0 aromatic carbocycles.